The Morgan fingerprint density at radius 3 is 2.40 bits per heavy atom. The standard InChI is InChI=1S/C14H13N3O3/c1-10(18)20-12-7-5-11(6-8-12)16-14(19)17-13-4-2-3-9-15-13/h2-9H,1H3,(H2,15,16,17,19). The number of anilines is 2. The maximum Gasteiger partial charge on any atom is 0.324 e. The molecule has 0 atom stereocenters. The van der Waals surface area contributed by atoms with Crippen molar-refractivity contribution < 1.29 is 14.3 Å². The molecule has 0 unspecified atom stereocenters. The molecule has 1 aromatic heterocycles. The second-order valence-corrected chi connectivity index (χ2v) is 3.91. The van der Waals surface area contributed by atoms with E-state index in [0.29, 0.717) is 17.3 Å². The Morgan fingerprint density at radius 1 is 1.05 bits per heavy atom. The summed E-state index contributed by atoms with van der Waals surface area (Å²) in [7, 11) is 0. The lowest BCUT2D eigenvalue weighted by Crippen LogP contribution is -2.19. The summed E-state index contributed by atoms with van der Waals surface area (Å²) >= 11 is 0. The summed E-state index contributed by atoms with van der Waals surface area (Å²) in [4.78, 5) is 26.4. The van der Waals surface area contributed by atoms with Crippen LogP contribution in [0.3, 0.4) is 0 Å². The van der Waals surface area contributed by atoms with E-state index in [1.54, 1.807) is 48.7 Å². The first kappa shape index (κ1) is 13.5. The first-order valence-corrected chi connectivity index (χ1v) is 5.91. The number of nitrogens with one attached hydrogen (secondary N) is 2. The number of amides is 2. The number of aromatic nitrogens is 1. The molecule has 0 fully saturated rings. The third-order valence-electron chi connectivity index (χ3n) is 2.28. The highest BCUT2D eigenvalue weighted by Crippen LogP contribution is 2.16. The van der Waals surface area contributed by atoms with Gasteiger partial charge in [0.05, 0.1) is 0 Å². The number of carbonyl (C=O) groups is 2. The lowest BCUT2D eigenvalue weighted by atomic mass is 10.3. The fourth-order valence-corrected chi connectivity index (χ4v) is 1.49. The van der Waals surface area contributed by atoms with Crippen LogP contribution >= 0.6 is 0 Å². The highest BCUT2D eigenvalue weighted by atomic mass is 16.5. The van der Waals surface area contributed by atoms with Crippen molar-refractivity contribution in [3.8, 4) is 5.75 Å². The van der Waals surface area contributed by atoms with Gasteiger partial charge in [-0.2, -0.15) is 0 Å². The number of rotatable bonds is 3. The monoisotopic (exact) mass is 271 g/mol. The summed E-state index contributed by atoms with van der Waals surface area (Å²) in [5.41, 5.74) is 0.578. The number of benzene rings is 1. The summed E-state index contributed by atoms with van der Waals surface area (Å²) in [5, 5.41) is 5.23. The summed E-state index contributed by atoms with van der Waals surface area (Å²) in [6, 6.07) is 11.3. The molecule has 2 rings (SSSR count). The molecule has 0 bridgehead atoms. The maximum atomic E-state index is 11.7. The molecule has 2 amide bonds. The smallest absolute Gasteiger partial charge is 0.324 e. The van der Waals surface area contributed by atoms with Crippen LogP contribution in [0.15, 0.2) is 48.7 Å². The minimum atomic E-state index is -0.399. The van der Waals surface area contributed by atoms with Crippen molar-refractivity contribution in [1.29, 1.82) is 0 Å². The fourth-order valence-electron chi connectivity index (χ4n) is 1.49. The van der Waals surface area contributed by atoms with Gasteiger partial charge in [0.15, 0.2) is 0 Å². The number of ether oxygens (including phenoxy) is 1. The van der Waals surface area contributed by atoms with Gasteiger partial charge in [-0.05, 0) is 36.4 Å². The molecular formula is C14H13N3O3. The van der Waals surface area contributed by atoms with E-state index in [-0.39, 0.29) is 0 Å². The van der Waals surface area contributed by atoms with Crippen molar-refractivity contribution in [2.24, 2.45) is 0 Å². The highest BCUT2D eigenvalue weighted by molar-refractivity contribution is 5.99. The summed E-state index contributed by atoms with van der Waals surface area (Å²) in [5.74, 6) is 0.494. The Balaban J connectivity index is 1.93. The molecule has 102 valence electrons. The number of urea groups is 1. The van der Waals surface area contributed by atoms with Crippen LogP contribution in [0.5, 0.6) is 5.75 Å². The molecule has 0 aliphatic rings. The van der Waals surface area contributed by atoms with E-state index in [2.05, 4.69) is 15.6 Å². The van der Waals surface area contributed by atoms with Crippen LogP contribution in [0.1, 0.15) is 6.92 Å². The van der Waals surface area contributed by atoms with Gasteiger partial charge < -0.3 is 10.1 Å². The lowest BCUT2D eigenvalue weighted by molar-refractivity contribution is -0.131. The molecule has 0 aliphatic carbocycles. The molecule has 0 saturated heterocycles. The SMILES string of the molecule is CC(=O)Oc1ccc(NC(=O)Nc2ccccn2)cc1. The van der Waals surface area contributed by atoms with Crippen LogP contribution < -0.4 is 15.4 Å². The summed E-state index contributed by atoms with van der Waals surface area (Å²) in [6.45, 7) is 1.33. The number of pyridine rings is 1. The van der Waals surface area contributed by atoms with E-state index in [1.165, 1.54) is 6.92 Å². The number of carbonyl (C=O) groups excluding carboxylic acids is 2. The van der Waals surface area contributed by atoms with Crippen LogP contribution in [0.4, 0.5) is 16.3 Å². The van der Waals surface area contributed by atoms with Crippen LogP contribution in [0.25, 0.3) is 0 Å². The number of hydrogen-bond donors (Lipinski definition) is 2. The van der Waals surface area contributed by atoms with Crippen molar-refractivity contribution in [2.75, 3.05) is 10.6 Å². The van der Waals surface area contributed by atoms with E-state index in [4.69, 9.17) is 4.74 Å². The lowest BCUT2D eigenvalue weighted by Gasteiger charge is -2.07. The third-order valence-corrected chi connectivity index (χ3v) is 2.28. The number of nitrogens with zero attached hydrogens (tertiary/aromatic N) is 1. The van der Waals surface area contributed by atoms with Crippen molar-refractivity contribution in [2.45, 2.75) is 6.92 Å². The van der Waals surface area contributed by atoms with Gasteiger partial charge in [0.25, 0.3) is 0 Å². The van der Waals surface area contributed by atoms with Gasteiger partial charge in [0.1, 0.15) is 11.6 Å². The normalized spacial score (nSPS) is 9.65. The minimum Gasteiger partial charge on any atom is -0.427 e. The maximum absolute atomic E-state index is 11.7. The number of esters is 1. The van der Waals surface area contributed by atoms with Gasteiger partial charge >= 0.3 is 12.0 Å². The topological polar surface area (TPSA) is 80.3 Å². The molecule has 20 heavy (non-hydrogen) atoms. The van der Waals surface area contributed by atoms with Crippen molar-refractivity contribution >= 4 is 23.5 Å². The van der Waals surface area contributed by atoms with Gasteiger partial charge in [-0.25, -0.2) is 9.78 Å². The van der Waals surface area contributed by atoms with Gasteiger partial charge in [-0.15, -0.1) is 0 Å². The zero-order valence-corrected chi connectivity index (χ0v) is 10.8. The zero-order chi connectivity index (χ0) is 14.4. The van der Waals surface area contributed by atoms with Crippen LogP contribution in [-0.4, -0.2) is 17.0 Å². The average Bonchev–Trinajstić information content (AvgIpc) is 2.41. The Bertz CT molecular complexity index is 597. The molecule has 0 spiro atoms. The minimum absolute atomic E-state index is 0.390. The quantitative estimate of drug-likeness (QED) is 0.664. The highest BCUT2D eigenvalue weighted by Gasteiger charge is 2.04. The molecule has 1 aromatic carbocycles. The largest absolute Gasteiger partial charge is 0.427 e. The molecule has 6 nitrogen and oxygen atoms in total. The molecular weight excluding hydrogens is 258 g/mol. The van der Waals surface area contributed by atoms with Crippen molar-refractivity contribution in [3.63, 3.8) is 0 Å². The second kappa shape index (κ2) is 6.33. The molecule has 2 N–H and O–H groups in total. The van der Waals surface area contributed by atoms with Crippen LogP contribution in [-0.2, 0) is 4.79 Å². The predicted octanol–water partition coefficient (Wildman–Crippen LogP) is 2.65. The van der Waals surface area contributed by atoms with Gasteiger partial charge in [-0.1, -0.05) is 6.07 Å². The third kappa shape index (κ3) is 4.09. The van der Waals surface area contributed by atoms with E-state index in [1.807, 2.05) is 0 Å². The van der Waals surface area contributed by atoms with E-state index in [9.17, 15) is 9.59 Å². The first-order chi connectivity index (χ1) is 9.63. The van der Waals surface area contributed by atoms with Crippen molar-refractivity contribution in [1.82, 2.24) is 4.98 Å². The zero-order valence-electron chi connectivity index (χ0n) is 10.8. The Morgan fingerprint density at radius 2 is 1.80 bits per heavy atom. The summed E-state index contributed by atoms with van der Waals surface area (Å²) < 4.78 is 4.89. The van der Waals surface area contributed by atoms with Gasteiger partial charge in [-0.3, -0.25) is 10.1 Å². The van der Waals surface area contributed by atoms with Gasteiger partial charge in [0, 0.05) is 18.8 Å². The van der Waals surface area contributed by atoms with Crippen LogP contribution in [0, 0.1) is 0 Å². The second-order valence-electron chi connectivity index (χ2n) is 3.91. The molecule has 0 saturated carbocycles. The average molecular weight is 271 g/mol. The Hall–Kier alpha value is -2.89. The molecule has 6 heteroatoms. The van der Waals surface area contributed by atoms with E-state index >= 15 is 0 Å². The molecule has 0 aliphatic heterocycles. The van der Waals surface area contributed by atoms with Crippen molar-refractivity contribution in [3.05, 3.63) is 48.7 Å². The molecule has 2 aromatic rings. The Labute approximate surface area is 115 Å². The van der Waals surface area contributed by atoms with Crippen LogP contribution in [0.2, 0.25) is 0 Å². The molecule has 1 heterocycles. The van der Waals surface area contributed by atoms with Gasteiger partial charge in [0.2, 0.25) is 0 Å². The summed E-state index contributed by atoms with van der Waals surface area (Å²) in [6.07, 6.45) is 1.59. The van der Waals surface area contributed by atoms with E-state index in [0.717, 1.165) is 0 Å². The Kier molecular flexibility index (Phi) is 4.28. The predicted molar refractivity (Wildman–Crippen MR) is 74.6 cm³/mol. The molecule has 0 radical (unpaired) electrons. The number of hydrogen-bond acceptors (Lipinski definition) is 4. The first-order valence-electron chi connectivity index (χ1n) is 5.91. The fraction of sp³-hybridized carbons (Fsp3) is 0.0714. The van der Waals surface area contributed by atoms with E-state index < -0.39 is 12.0 Å².